The Hall–Kier alpha value is -0.358. The summed E-state index contributed by atoms with van der Waals surface area (Å²) in [5.74, 6) is -0.546. The average Bonchev–Trinajstić information content (AvgIpc) is 3.35. The number of rotatable bonds is 8. The molecule has 0 aliphatic carbocycles. The number of aliphatic hydroxyl groups excluding tert-OH is 1. The van der Waals surface area contributed by atoms with Crippen LogP contribution in [-0.2, 0) is 47.5 Å². The van der Waals surface area contributed by atoms with Crippen molar-refractivity contribution in [2.75, 3.05) is 21.2 Å². The fourth-order valence-corrected chi connectivity index (χ4v) is 8.63. The Morgan fingerprint density at radius 1 is 0.960 bits per heavy atom. The summed E-state index contributed by atoms with van der Waals surface area (Å²) in [4.78, 5) is 27.3. The monoisotopic (exact) mass is 924 g/mol. The van der Waals surface area contributed by atoms with E-state index in [1.165, 1.54) is 0 Å². The molecule has 16 atom stereocenters. The molecule has 2 bridgehead atoms. The summed E-state index contributed by atoms with van der Waals surface area (Å²) in [5.41, 5.74) is -0.645. The summed E-state index contributed by atoms with van der Waals surface area (Å²) in [6, 6.07) is -0.180. The van der Waals surface area contributed by atoms with Crippen LogP contribution in [0.25, 0.3) is 0 Å². The van der Waals surface area contributed by atoms with Crippen molar-refractivity contribution in [3.8, 4) is 0 Å². The van der Waals surface area contributed by atoms with Crippen LogP contribution < -0.4 is 0 Å². The van der Waals surface area contributed by atoms with Gasteiger partial charge in [-0.05, 0) is 86.9 Å². The molecule has 0 spiro atoms. The van der Waals surface area contributed by atoms with E-state index in [2.05, 4.69) is 20.8 Å². The minimum absolute atomic E-state index is 0. The number of esters is 1. The topological polar surface area (TPSA) is 131 Å². The first-order valence-corrected chi connectivity index (χ1v) is 18.0. The molecule has 3 saturated heterocycles. The van der Waals surface area contributed by atoms with E-state index in [1.54, 1.807) is 14.0 Å². The fraction of sp³-hybridized carbons (Fsp3) is 0.892. The van der Waals surface area contributed by atoms with Gasteiger partial charge in [-0.15, -0.1) is 0 Å². The van der Waals surface area contributed by atoms with Crippen molar-refractivity contribution >= 4 is 12.4 Å². The molecule has 3 fully saturated rings. The summed E-state index contributed by atoms with van der Waals surface area (Å²) in [7, 11) is 5.44. The van der Waals surface area contributed by atoms with Crippen LogP contribution in [0, 0.1) is 67.7 Å². The Kier molecular flexibility index (Phi) is 15.7. The van der Waals surface area contributed by atoms with Crippen LogP contribution in [0.5, 0.6) is 0 Å². The first kappa shape index (κ1) is 44.0. The predicted molar refractivity (Wildman–Crippen MR) is 181 cm³/mol. The number of methoxy groups -OCH3 is 1. The summed E-state index contributed by atoms with van der Waals surface area (Å²) in [6.07, 6.45) is -3.64. The second-order valence-corrected chi connectivity index (χ2v) is 16.0. The van der Waals surface area contributed by atoms with E-state index in [4.69, 9.17) is 37.9 Å². The van der Waals surface area contributed by atoms with Gasteiger partial charge in [-0.1, -0.05) is 20.8 Å². The second kappa shape index (κ2) is 17.9. The molecule has 0 aromatic rings. The number of fused-ring (bicyclic) bond motifs is 2. The molecule has 13 heteroatoms. The van der Waals surface area contributed by atoms with Gasteiger partial charge in [-0.3, -0.25) is 9.59 Å². The van der Waals surface area contributed by atoms with Gasteiger partial charge in [-0.2, -0.15) is 0 Å². The van der Waals surface area contributed by atoms with Crippen molar-refractivity contribution in [3.05, 3.63) is 11.3 Å². The molecule has 50 heavy (non-hydrogen) atoms. The van der Waals surface area contributed by atoms with Gasteiger partial charge in [0.1, 0.15) is 29.5 Å². The Labute approximate surface area is 335 Å². The van der Waals surface area contributed by atoms with Crippen LogP contribution in [0.4, 0.5) is 0 Å². The number of ether oxygens (including phenoxy) is 8. The normalized spacial score (nSPS) is 46.1. The zero-order valence-electron chi connectivity index (χ0n) is 32.5. The number of allylic oxidation sites excluding steroid dienone is 1. The number of hydrogen-bond acceptors (Lipinski definition) is 12. The van der Waals surface area contributed by atoms with Gasteiger partial charge in [-0.25, -0.2) is 0 Å². The van der Waals surface area contributed by atoms with Crippen molar-refractivity contribution in [2.45, 2.75) is 167 Å². The van der Waals surface area contributed by atoms with E-state index in [9.17, 15) is 14.7 Å². The van der Waals surface area contributed by atoms with Crippen LogP contribution in [0.1, 0.15) is 94.9 Å². The molecule has 1 N–H and O–H groups in total. The maximum absolute atomic E-state index is 14.0. The van der Waals surface area contributed by atoms with E-state index in [-0.39, 0.29) is 86.5 Å². The molecule has 0 saturated carbocycles. The van der Waals surface area contributed by atoms with Gasteiger partial charge in [0.05, 0.1) is 30.0 Å². The van der Waals surface area contributed by atoms with Gasteiger partial charge in [0.15, 0.2) is 18.7 Å². The van der Waals surface area contributed by atoms with Crippen LogP contribution in [0.3, 0.4) is 0 Å². The first-order valence-electron chi connectivity index (χ1n) is 18.0. The number of likely N-dealkylation sites (N-methyl/N-ethyl adjacent to an activating group) is 1. The predicted octanol–water partition coefficient (Wildman–Crippen LogP) is 4.60. The molecule has 285 valence electrons. The number of cyclic esters (lactones) is 1. The Morgan fingerprint density at radius 3 is 2.22 bits per heavy atom. The zero-order valence-corrected chi connectivity index (χ0v) is 37.3. The van der Waals surface area contributed by atoms with Gasteiger partial charge in [0.2, 0.25) is 0 Å². The van der Waals surface area contributed by atoms with Crippen LogP contribution in [-0.4, -0.2) is 116 Å². The molecule has 0 aromatic heterocycles. The van der Waals surface area contributed by atoms with Gasteiger partial charge >= 0.3 is 5.97 Å². The number of carbonyl (C=O) groups is 2. The zero-order chi connectivity index (χ0) is 36.6. The van der Waals surface area contributed by atoms with Crippen molar-refractivity contribution in [1.82, 2.24) is 4.90 Å². The standard InChI is InChI=1S/C37H63NO11.Ac/c1-19-14-20(2)30-21(3)16-37(10,49-30)32(48-35-29(40)27(38(11)12)15-22(4)44-35)23(5)31(24(6)34(41)46-25(19)7)47-28-17-36(9,42-13)33(43-18-39)26(8)45-28;/h18-20,22-29,31-33,35,40H,14-17H2,1-13H3;/t19-,20-,22-,23+,24-,25-,26+,27?,28?,29?,31?,32?,33?,35?,36?,37?;/m1./s1. The third kappa shape index (κ3) is 9.47. The van der Waals surface area contributed by atoms with E-state index >= 15 is 0 Å². The smallest absolute Gasteiger partial charge is 0.311 e. The molecule has 4 rings (SSSR count). The molecular formula is C37H63AcNO11. The Balaban J connectivity index is 0.00000676. The summed E-state index contributed by atoms with van der Waals surface area (Å²) in [6.45, 7) is 20.1. The molecule has 4 aliphatic rings. The van der Waals surface area contributed by atoms with Gasteiger partial charge in [0.25, 0.3) is 6.47 Å². The molecule has 0 aromatic carbocycles. The number of nitrogens with zero attached hydrogens (tertiary/aromatic N) is 1. The largest absolute Gasteiger partial charge is 0.489 e. The average molecular weight is 925 g/mol. The molecule has 12 nitrogen and oxygen atoms in total. The van der Waals surface area contributed by atoms with Crippen molar-refractivity contribution in [1.29, 1.82) is 0 Å². The van der Waals surface area contributed by atoms with E-state index in [0.29, 0.717) is 19.3 Å². The van der Waals surface area contributed by atoms with E-state index < -0.39 is 66.1 Å². The molecular weight excluding hydrogens is 861 g/mol. The second-order valence-electron chi connectivity index (χ2n) is 16.0. The molecule has 0 amide bonds. The SMILES string of the molecule is COC1(C)CC(OC2[C@H](C)C(OC3O[C@H](C)CC(N(C)C)C3O)C3(C)CC(C)=C(O3)[C@H](C)C[C@@H](C)[C@@H](C)OC(=O)[C@@H]2C)O[C@@H](C)C1OC=O.[Ac]. The van der Waals surface area contributed by atoms with Crippen molar-refractivity contribution < 1.29 is 96.7 Å². The molecule has 4 heterocycles. The number of carbonyl (C=O) groups excluding carboxylic acids is 2. The third-order valence-electron chi connectivity index (χ3n) is 11.6. The number of aliphatic hydroxyl groups is 1. The molecule has 9 unspecified atom stereocenters. The maximum atomic E-state index is 14.0. The van der Waals surface area contributed by atoms with Gasteiger partial charge < -0.3 is 47.9 Å². The Morgan fingerprint density at radius 2 is 1.62 bits per heavy atom. The van der Waals surface area contributed by atoms with Crippen molar-refractivity contribution in [2.24, 2.45) is 23.7 Å². The van der Waals surface area contributed by atoms with E-state index in [0.717, 1.165) is 17.8 Å². The fourth-order valence-electron chi connectivity index (χ4n) is 8.63. The van der Waals surface area contributed by atoms with Crippen LogP contribution in [0.15, 0.2) is 11.3 Å². The maximum Gasteiger partial charge on any atom is 0.311 e. The Bertz CT molecular complexity index is 1190. The summed E-state index contributed by atoms with van der Waals surface area (Å²) >= 11 is 0. The minimum Gasteiger partial charge on any atom is -0.489 e. The third-order valence-corrected chi connectivity index (χ3v) is 11.6. The summed E-state index contributed by atoms with van der Waals surface area (Å²) in [5, 5.41) is 11.6. The van der Waals surface area contributed by atoms with Gasteiger partial charge in [0, 0.05) is 81.9 Å². The van der Waals surface area contributed by atoms with Crippen molar-refractivity contribution in [3.63, 3.8) is 0 Å². The first-order chi connectivity index (χ1) is 22.8. The van der Waals surface area contributed by atoms with E-state index in [1.807, 2.05) is 60.5 Å². The minimum atomic E-state index is -0.951. The molecule has 4 aliphatic heterocycles. The van der Waals surface area contributed by atoms with Crippen LogP contribution >= 0.6 is 0 Å². The van der Waals surface area contributed by atoms with Crippen LogP contribution in [0.2, 0.25) is 0 Å². The molecule has 1 radical (unpaired) electrons. The quantitative estimate of drug-likeness (QED) is 0.270. The number of hydrogen-bond donors (Lipinski definition) is 1. The summed E-state index contributed by atoms with van der Waals surface area (Å²) < 4.78 is 50.7.